The number of nitrogens with one attached hydrogen (secondary N) is 2. The molecule has 0 aliphatic carbocycles. The van der Waals surface area contributed by atoms with Crippen molar-refractivity contribution < 1.29 is 4.42 Å². The summed E-state index contributed by atoms with van der Waals surface area (Å²) in [6, 6.07) is 12.2. The fraction of sp³-hybridized carbons (Fsp3) is 0.300. The Morgan fingerprint density at radius 1 is 1.12 bits per heavy atom. The number of para-hydroxylation sites is 1. The Bertz CT molecular complexity index is 963. The molecule has 0 fully saturated rings. The Balaban J connectivity index is 1.49. The highest BCUT2D eigenvalue weighted by Crippen LogP contribution is 2.29. The van der Waals surface area contributed by atoms with E-state index in [0.29, 0.717) is 0 Å². The minimum atomic E-state index is 0.769. The summed E-state index contributed by atoms with van der Waals surface area (Å²) in [5.41, 5.74) is 5.19. The van der Waals surface area contributed by atoms with E-state index in [0.717, 1.165) is 65.3 Å². The van der Waals surface area contributed by atoms with Crippen LogP contribution in [0.1, 0.15) is 30.3 Å². The van der Waals surface area contributed by atoms with Gasteiger partial charge in [-0.1, -0.05) is 31.5 Å². The molecule has 134 valence electrons. The Morgan fingerprint density at radius 3 is 2.85 bits per heavy atom. The number of H-pyrrole nitrogens is 2. The molecule has 3 aromatic heterocycles. The van der Waals surface area contributed by atoms with Gasteiger partial charge in [0.1, 0.15) is 11.3 Å². The van der Waals surface area contributed by atoms with Gasteiger partial charge in [-0.15, -0.1) is 0 Å². The van der Waals surface area contributed by atoms with Gasteiger partial charge in [0, 0.05) is 29.7 Å². The molecule has 0 saturated carbocycles. The maximum absolute atomic E-state index is 5.98. The number of furan rings is 1. The van der Waals surface area contributed by atoms with E-state index in [1.54, 1.807) is 0 Å². The first-order chi connectivity index (χ1) is 12.7. The molecule has 26 heavy (non-hydrogen) atoms. The topological polar surface area (TPSA) is 73.7 Å². The van der Waals surface area contributed by atoms with Gasteiger partial charge in [-0.25, -0.2) is 0 Å². The minimum absolute atomic E-state index is 0.769. The fourth-order valence-electron chi connectivity index (χ4n) is 3.26. The van der Waals surface area contributed by atoms with Crippen molar-refractivity contribution in [2.24, 2.45) is 0 Å². The van der Waals surface area contributed by atoms with Gasteiger partial charge >= 0.3 is 0 Å². The number of aryl methyl sites for hydroxylation is 1. The third kappa shape index (κ3) is 3.41. The number of benzene rings is 1. The largest absolute Gasteiger partial charge is 0.454 e. The Labute approximate surface area is 152 Å². The van der Waals surface area contributed by atoms with E-state index in [1.165, 1.54) is 0 Å². The number of aromatic nitrogens is 4. The molecule has 6 nitrogen and oxygen atoms in total. The van der Waals surface area contributed by atoms with Gasteiger partial charge in [0.2, 0.25) is 0 Å². The van der Waals surface area contributed by atoms with Crippen LogP contribution in [0.15, 0.2) is 47.0 Å². The average Bonchev–Trinajstić information content (AvgIpc) is 3.34. The summed E-state index contributed by atoms with van der Waals surface area (Å²) in [7, 11) is 2.09. The standard InChI is InChI=1S/C20H23N5O/c1-3-6-16-10-17(23-22-16)13-25(2)12-15-11-21-24-20(15)19-9-14-7-4-5-8-18(14)26-19/h4-5,7-11H,3,6,12-13H2,1-2H3,(H,21,24)(H,22,23). The highest BCUT2D eigenvalue weighted by Gasteiger charge is 2.15. The molecule has 4 aromatic rings. The average molecular weight is 349 g/mol. The van der Waals surface area contributed by atoms with Crippen LogP contribution in [0, 0.1) is 0 Å². The zero-order valence-corrected chi connectivity index (χ0v) is 15.1. The molecule has 4 rings (SSSR count). The van der Waals surface area contributed by atoms with E-state index in [4.69, 9.17) is 4.42 Å². The number of rotatable bonds is 7. The van der Waals surface area contributed by atoms with Gasteiger partial charge in [0.05, 0.1) is 11.9 Å². The smallest absolute Gasteiger partial charge is 0.153 e. The number of hydrogen-bond acceptors (Lipinski definition) is 4. The third-order valence-electron chi connectivity index (χ3n) is 4.46. The van der Waals surface area contributed by atoms with Crippen molar-refractivity contribution in [2.75, 3.05) is 7.05 Å². The second-order valence-electron chi connectivity index (χ2n) is 6.73. The maximum atomic E-state index is 5.98. The molecular formula is C20H23N5O. The third-order valence-corrected chi connectivity index (χ3v) is 4.46. The molecule has 0 aliphatic heterocycles. The summed E-state index contributed by atoms with van der Waals surface area (Å²) in [5.74, 6) is 0.818. The van der Waals surface area contributed by atoms with E-state index in [2.05, 4.69) is 57.5 Å². The van der Waals surface area contributed by atoms with Crippen molar-refractivity contribution in [1.29, 1.82) is 0 Å². The van der Waals surface area contributed by atoms with Crippen LogP contribution in [0.25, 0.3) is 22.4 Å². The highest BCUT2D eigenvalue weighted by atomic mass is 16.3. The highest BCUT2D eigenvalue weighted by molar-refractivity contribution is 5.82. The van der Waals surface area contributed by atoms with Crippen LogP contribution in [-0.2, 0) is 19.5 Å². The number of hydrogen-bond donors (Lipinski definition) is 2. The first-order valence-corrected chi connectivity index (χ1v) is 8.96. The fourth-order valence-corrected chi connectivity index (χ4v) is 3.26. The van der Waals surface area contributed by atoms with E-state index in [9.17, 15) is 0 Å². The van der Waals surface area contributed by atoms with Gasteiger partial charge in [-0.05, 0) is 31.7 Å². The lowest BCUT2D eigenvalue weighted by Gasteiger charge is -2.15. The van der Waals surface area contributed by atoms with Gasteiger partial charge in [-0.2, -0.15) is 10.2 Å². The van der Waals surface area contributed by atoms with Gasteiger partial charge < -0.3 is 4.42 Å². The summed E-state index contributed by atoms with van der Waals surface area (Å²) >= 11 is 0. The summed E-state index contributed by atoms with van der Waals surface area (Å²) in [5, 5.41) is 15.9. The monoisotopic (exact) mass is 349 g/mol. The summed E-state index contributed by atoms with van der Waals surface area (Å²) in [4.78, 5) is 2.24. The molecule has 6 heteroatoms. The summed E-state index contributed by atoms with van der Waals surface area (Å²) in [6.07, 6.45) is 3.99. The Hall–Kier alpha value is -2.86. The summed E-state index contributed by atoms with van der Waals surface area (Å²) < 4.78 is 5.98. The van der Waals surface area contributed by atoms with E-state index < -0.39 is 0 Å². The van der Waals surface area contributed by atoms with Crippen molar-refractivity contribution in [3.05, 3.63) is 59.5 Å². The molecule has 0 saturated heterocycles. The van der Waals surface area contributed by atoms with Crippen LogP contribution in [0.4, 0.5) is 0 Å². The molecule has 0 atom stereocenters. The molecule has 0 bridgehead atoms. The molecule has 0 aliphatic rings. The van der Waals surface area contributed by atoms with Crippen molar-refractivity contribution in [1.82, 2.24) is 25.3 Å². The number of nitrogens with zero attached hydrogens (tertiary/aromatic N) is 3. The van der Waals surface area contributed by atoms with Gasteiger partial charge in [-0.3, -0.25) is 15.1 Å². The molecule has 0 unspecified atom stereocenters. The second kappa shape index (κ2) is 7.17. The van der Waals surface area contributed by atoms with Crippen LogP contribution in [-0.4, -0.2) is 32.3 Å². The molecule has 3 heterocycles. The van der Waals surface area contributed by atoms with Crippen molar-refractivity contribution in [3.8, 4) is 11.5 Å². The first kappa shape index (κ1) is 16.6. The lowest BCUT2D eigenvalue weighted by molar-refractivity contribution is 0.315. The number of aromatic amines is 2. The van der Waals surface area contributed by atoms with Gasteiger partial charge in [0.15, 0.2) is 5.76 Å². The van der Waals surface area contributed by atoms with E-state index in [-0.39, 0.29) is 0 Å². The van der Waals surface area contributed by atoms with Crippen LogP contribution in [0.2, 0.25) is 0 Å². The Morgan fingerprint density at radius 2 is 2.00 bits per heavy atom. The lowest BCUT2D eigenvalue weighted by Crippen LogP contribution is -2.17. The predicted molar refractivity (Wildman–Crippen MR) is 102 cm³/mol. The lowest BCUT2D eigenvalue weighted by atomic mass is 10.2. The molecule has 2 N–H and O–H groups in total. The number of fused-ring (bicyclic) bond motifs is 1. The zero-order chi connectivity index (χ0) is 17.9. The van der Waals surface area contributed by atoms with Crippen molar-refractivity contribution >= 4 is 11.0 Å². The quantitative estimate of drug-likeness (QED) is 0.526. The van der Waals surface area contributed by atoms with Crippen molar-refractivity contribution in [3.63, 3.8) is 0 Å². The minimum Gasteiger partial charge on any atom is -0.454 e. The van der Waals surface area contributed by atoms with E-state index >= 15 is 0 Å². The predicted octanol–water partition coefficient (Wildman–Crippen LogP) is 4.13. The maximum Gasteiger partial charge on any atom is 0.153 e. The van der Waals surface area contributed by atoms with Crippen LogP contribution < -0.4 is 0 Å². The molecule has 1 aromatic carbocycles. The zero-order valence-electron chi connectivity index (χ0n) is 15.1. The normalized spacial score (nSPS) is 11.7. The van der Waals surface area contributed by atoms with Crippen LogP contribution in [0.5, 0.6) is 0 Å². The Kier molecular flexibility index (Phi) is 4.58. The molecule has 0 spiro atoms. The van der Waals surface area contributed by atoms with E-state index in [1.807, 2.05) is 24.4 Å². The first-order valence-electron chi connectivity index (χ1n) is 8.96. The molecular weight excluding hydrogens is 326 g/mol. The van der Waals surface area contributed by atoms with Crippen LogP contribution in [0.3, 0.4) is 0 Å². The SMILES string of the molecule is CCCc1cc(CN(C)Cc2cn[nH]c2-c2cc3ccccc3o2)[nH]n1. The van der Waals surface area contributed by atoms with Gasteiger partial charge in [0.25, 0.3) is 0 Å². The van der Waals surface area contributed by atoms with Crippen molar-refractivity contribution in [2.45, 2.75) is 32.9 Å². The van der Waals surface area contributed by atoms with Crippen LogP contribution >= 0.6 is 0 Å². The molecule has 0 radical (unpaired) electrons. The second-order valence-corrected chi connectivity index (χ2v) is 6.73. The summed E-state index contributed by atoms with van der Waals surface area (Å²) in [6.45, 7) is 3.74. The molecule has 0 amide bonds.